The van der Waals surface area contributed by atoms with Crippen LogP contribution in [0.3, 0.4) is 0 Å². The first-order chi connectivity index (χ1) is 17.1. The van der Waals surface area contributed by atoms with Gasteiger partial charge in [0, 0.05) is 37.7 Å². The molecule has 3 heterocycles. The van der Waals surface area contributed by atoms with E-state index in [-0.39, 0.29) is 5.41 Å². The fraction of sp³-hybridized carbons (Fsp3) is 0.0909. The summed E-state index contributed by atoms with van der Waals surface area (Å²) in [5.74, 6) is 0. The van der Waals surface area contributed by atoms with E-state index in [1.807, 2.05) is 6.07 Å². The summed E-state index contributed by atoms with van der Waals surface area (Å²) >= 11 is 0. The van der Waals surface area contributed by atoms with Gasteiger partial charge < -0.3 is 8.82 Å². The van der Waals surface area contributed by atoms with Gasteiger partial charge in [-0.3, -0.25) is 0 Å². The van der Waals surface area contributed by atoms with Gasteiger partial charge in [0.25, 0.3) is 0 Å². The van der Waals surface area contributed by atoms with Crippen LogP contribution in [0.1, 0.15) is 25.0 Å². The SMILES string of the molecule is CC1(C)c2ccccc2-c2c1cc1c3ccccc3n3c4cc5c(cc4c2c13)oc1ccccc15. The maximum Gasteiger partial charge on any atom is 0.136 e. The zero-order chi connectivity index (χ0) is 23.1. The highest BCUT2D eigenvalue weighted by Crippen LogP contribution is 2.55. The van der Waals surface area contributed by atoms with Crippen molar-refractivity contribution in [3.8, 4) is 11.1 Å². The van der Waals surface area contributed by atoms with Crippen LogP contribution in [0.4, 0.5) is 0 Å². The van der Waals surface area contributed by atoms with E-state index in [0.717, 1.165) is 11.2 Å². The van der Waals surface area contributed by atoms with Gasteiger partial charge in [0.2, 0.25) is 0 Å². The molecule has 0 fully saturated rings. The van der Waals surface area contributed by atoms with Gasteiger partial charge in [-0.2, -0.15) is 0 Å². The van der Waals surface area contributed by atoms with Crippen molar-refractivity contribution < 1.29 is 4.42 Å². The molecule has 8 aromatic rings. The highest BCUT2D eigenvalue weighted by atomic mass is 16.3. The Morgan fingerprint density at radius 1 is 0.600 bits per heavy atom. The van der Waals surface area contributed by atoms with Crippen LogP contribution in [0, 0.1) is 0 Å². The second kappa shape index (κ2) is 5.67. The van der Waals surface area contributed by atoms with Gasteiger partial charge in [-0.1, -0.05) is 74.5 Å². The maximum absolute atomic E-state index is 6.36. The lowest BCUT2D eigenvalue weighted by molar-refractivity contribution is 0.661. The topological polar surface area (TPSA) is 17.6 Å². The fourth-order valence-corrected chi connectivity index (χ4v) is 6.95. The molecule has 0 saturated carbocycles. The first-order valence-electron chi connectivity index (χ1n) is 12.3. The Bertz CT molecular complexity index is 2190. The lowest BCUT2D eigenvalue weighted by Gasteiger charge is -2.21. The van der Waals surface area contributed by atoms with Gasteiger partial charge in [-0.25, -0.2) is 0 Å². The summed E-state index contributed by atoms with van der Waals surface area (Å²) < 4.78 is 8.85. The van der Waals surface area contributed by atoms with E-state index >= 15 is 0 Å². The number of para-hydroxylation sites is 2. The molecule has 3 aromatic heterocycles. The van der Waals surface area contributed by atoms with Crippen LogP contribution in [0.15, 0.2) is 95.4 Å². The Kier molecular flexibility index (Phi) is 2.93. The Morgan fingerprint density at radius 2 is 1.37 bits per heavy atom. The molecule has 9 rings (SSSR count). The zero-order valence-corrected chi connectivity index (χ0v) is 19.5. The van der Waals surface area contributed by atoms with E-state index in [2.05, 4.69) is 103 Å². The van der Waals surface area contributed by atoms with Gasteiger partial charge in [-0.05, 0) is 52.6 Å². The van der Waals surface area contributed by atoms with Crippen LogP contribution in [0.2, 0.25) is 0 Å². The van der Waals surface area contributed by atoms with Crippen LogP contribution >= 0.6 is 0 Å². The average Bonchev–Trinajstić information content (AvgIpc) is 3.57. The highest BCUT2D eigenvalue weighted by molar-refractivity contribution is 6.30. The highest BCUT2D eigenvalue weighted by Gasteiger charge is 2.38. The van der Waals surface area contributed by atoms with Gasteiger partial charge in [0.15, 0.2) is 0 Å². The molecule has 0 bridgehead atoms. The number of aromatic nitrogens is 1. The smallest absolute Gasteiger partial charge is 0.136 e. The molecule has 1 aliphatic rings. The summed E-state index contributed by atoms with van der Waals surface area (Å²) in [5.41, 5.74) is 11.3. The molecule has 0 N–H and O–H groups in total. The molecule has 35 heavy (non-hydrogen) atoms. The number of hydrogen-bond acceptors (Lipinski definition) is 1. The van der Waals surface area contributed by atoms with Gasteiger partial charge in [0.05, 0.1) is 16.6 Å². The molecule has 0 spiro atoms. The number of fused-ring (bicyclic) bond motifs is 13. The van der Waals surface area contributed by atoms with E-state index in [0.29, 0.717) is 0 Å². The van der Waals surface area contributed by atoms with E-state index in [1.165, 1.54) is 71.1 Å². The molecule has 0 radical (unpaired) electrons. The molecule has 0 unspecified atom stereocenters. The Hall–Kier alpha value is -4.30. The van der Waals surface area contributed by atoms with Gasteiger partial charge in [0.1, 0.15) is 11.2 Å². The quantitative estimate of drug-likeness (QED) is 0.227. The first kappa shape index (κ1) is 18.1. The maximum atomic E-state index is 6.36. The van der Waals surface area contributed by atoms with Crippen molar-refractivity contribution in [2.24, 2.45) is 0 Å². The van der Waals surface area contributed by atoms with Crippen molar-refractivity contribution in [1.29, 1.82) is 0 Å². The lowest BCUT2D eigenvalue weighted by Crippen LogP contribution is -2.14. The Balaban J connectivity index is 1.62. The minimum Gasteiger partial charge on any atom is -0.456 e. The Labute approximate surface area is 201 Å². The average molecular weight is 448 g/mol. The molecule has 1 aliphatic carbocycles. The third-order valence-corrected chi connectivity index (χ3v) is 8.51. The molecule has 0 atom stereocenters. The predicted molar refractivity (Wildman–Crippen MR) is 146 cm³/mol. The van der Waals surface area contributed by atoms with E-state index < -0.39 is 0 Å². The fourth-order valence-electron chi connectivity index (χ4n) is 6.95. The minimum absolute atomic E-state index is 0.0496. The lowest BCUT2D eigenvalue weighted by atomic mass is 9.81. The largest absolute Gasteiger partial charge is 0.456 e. The zero-order valence-electron chi connectivity index (χ0n) is 19.5. The van der Waals surface area contributed by atoms with Crippen molar-refractivity contribution in [1.82, 2.24) is 4.40 Å². The van der Waals surface area contributed by atoms with Crippen molar-refractivity contribution in [2.75, 3.05) is 0 Å². The normalized spacial score (nSPS) is 14.8. The van der Waals surface area contributed by atoms with E-state index in [9.17, 15) is 0 Å². The molecule has 0 aliphatic heterocycles. The molecule has 164 valence electrons. The van der Waals surface area contributed by atoms with Gasteiger partial charge in [-0.15, -0.1) is 0 Å². The number of rotatable bonds is 0. The third-order valence-electron chi connectivity index (χ3n) is 8.51. The first-order valence-corrected chi connectivity index (χ1v) is 12.3. The van der Waals surface area contributed by atoms with E-state index in [1.54, 1.807) is 0 Å². The second-order valence-corrected chi connectivity index (χ2v) is 10.6. The van der Waals surface area contributed by atoms with Crippen LogP contribution in [0.5, 0.6) is 0 Å². The monoisotopic (exact) mass is 447 g/mol. The number of benzene rings is 5. The summed E-state index contributed by atoms with van der Waals surface area (Å²) in [5, 5.41) is 7.63. The van der Waals surface area contributed by atoms with Crippen LogP contribution in [-0.4, -0.2) is 4.40 Å². The number of hydrogen-bond donors (Lipinski definition) is 0. The molecular formula is C33H21NO. The third kappa shape index (κ3) is 1.93. The summed E-state index contributed by atoms with van der Waals surface area (Å²) in [6.07, 6.45) is 0. The van der Waals surface area contributed by atoms with Gasteiger partial charge >= 0.3 is 0 Å². The summed E-state index contributed by atoms with van der Waals surface area (Å²) in [4.78, 5) is 0. The minimum atomic E-state index is -0.0496. The van der Waals surface area contributed by atoms with Crippen molar-refractivity contribution in [2.45, 2.75) is 19.3 Å². The van der Waals surface area contributed by atoms with Crippen molar-refractivity contribution in [3.63, 3.8) is 0 Å². The molecule has 2 heteroatoms. The van der Waals surface area contributed by atoms with Crippen LogP contribution in [-0.2, 0) is 5.41 Å². The van der Waals surface area contributed by atoms with Crippen LogP contribution in [0.25, 0.3) is 71.2 Å². The van der Waals surface area contributed by atoms with E-state index in [4.69, 9.17) is 4.42 Å². The summed E-state index contributed by atoms with van der Waals surface area (Å²) in [7, 11) is 0. The van der Waals surface area contributed by atoms with Crippen molar-refractivity contribution >= 4 is 60.0 Å². The molecule has 2 nitrogen and oxygen atoms in total. The number of nitrogens with zero attached hydrogens (tertiary/aromatic N) is 1. The number of furan rings is 1. The molecule has 5 aromatic carbocycles. The summed E-state index contributed by atoms with van der Waals surface area (Å²) in [6.45, 7) is 4.74. The molecule has 0 amide bonds. The molecule has 0 saturated heterocycles. The van der Waals surface area contributed by atoms with Crippen LogP contribution < -0.4 is 0 Å². The Morgan fingerprint density at radius 3 is 2.29 bits per heavy atom. The second-order valence-electron chi connectivity index (χ2n) is 10.6. The van der Waals surface area contributed by atoms with Crippen molar-refractivity contribution in [3.05, 3.63) is 102 Å². The summed E-state index contributed by atoms with van der Waals surface area (Å²) in [6, 6.07) is 33.3. The molecular weight excluding hydrogens is 426 g/mol. The standard InChI is InChI=1S/C33H21NO/c1-33(2)24-12-6-3-11-20(24)30-25(33)15-22-18-9-4-7-13-26(18)34-27-16-21-19-10-5-8-14-28(19)35-29(21)17-23(27)31(30)32(22)34/h3-17H,1-2H3. The predicted octanol–water partition coefficient (Wildman–Crippen LogP) is 9.04.